The number of aliphatic hydroxyl groups is 11. The lowest BCUT2D eigenvalue weighted by atomic mass is 9.96. The Balaban J connectivity index is 1.31. The number of unbranched alkanes of at least 4 members (excludes halogenated alkanes) is 33. The fourth-order valence-electron chi connectivity index (χ4n) is 12.6. The van der Waals surface area contributed by atoms with Gasteiger partial charge in [-0.1, -0.05) is 273 Å². The molecule has 0 aromatic rings. The zero-order valence-corrected chi connectivity index (χ0v) is 59.3. The highest BCUT2D eigenvalue weighted by atomic mass is 16.8. The number of carbonyl (C=O) groups excluding carboxylic acids is 1. The molecule has 3 fully saturated rings. The van der Waals surface area contributed by atoms with Crippen LogP contribution in [0.4, 0.5) is 0 Å². The van der Waals surface area contributed by atoms with Crippen molar-refractivity contribution in [1.82, 2.24) is 5.32 Å². The van der Waals surface area contributed by atoms with E-state index in [1.165, 1.54) is 180 Å². The van der Waals surface area contributed by atoms with Crippen LogP contribution >= 0.6 is 0 Å². The van der Waals surface area contributed by atoms with Gasteiger partial charge < -0.3 is 89.9 Å². The summed E-state index contributed by atoms with van der Waals surface area (Å²) < 4.78 is 34.3. The molecular weight excluding hydrogens is 1230 g/mol. The summed E-state index contributed by atoms with van der Waals surface area (Å²) in [7, 11) is 0. The Hall–Kier alpha value is -2.77. The van der Waals surface area contributed by atoms with Gasteiger partial charge in [-0.15, -0.1) is 0 Å². The van der Waals surface area contributed by atoms with Gasteiger partial charge in [0.15, 0.2) is 18.9 Å². The molecule has 558 valence electrons. The fraction of sp³-hybridized carbons (Fsp3) is 0.831. The molecule has 3 aliphatic heterocycles. The van der Waals surface area contributed by atoms with Gasteiger partial charge in [-0.2, -0.15) is 0 Å². The Bertz CT molecular complexity index is 2020. The molecule has 19 heteroatoms. The van der Waals surface area contributed by atoms with E-state index in [0.717, 1.165) is 64.2 Å². The van der Waals surface area contributed by atoms with Crippen LogP contribution in [0.15, 0.2) is 72.9 Å². The van der Waals surface area contributed by atoms with Crippen molar-refractivity contribution in [2.24, 2.45) is 0 Å². The van der Waals surface area contributed by atoms with E-state index in [1.54, 1.807) is 6.08 Å². The first-order valence-corrected chi connectivity index (χ1v) is 38.2. The first kappa shape index (κ1) is 87.4. The van der Waals surface area contributed by atoms with Crippen molar-refractivity contribution in [1.29, 1.82) is 0 Å². The highest BCUT2D eigenvalue weighted by Crippen LogP contribution is 2.33. The lowest BCUT2D eigenvalue weighted by molar-refractivity contribution is -0.379. The highest BCUT2D eigenvalue weighted by Gasteiger charge is 2.53. The SMILES string of the molecule is CC/C=C\C/C=C\C/C=C\C/C=C\CCCCCCCCCCCCCCCCCCCCCCCCCCC(=O)NC(COC1OC(CO)C(OC2OC(CO)C(OC3OC(CO)C(O)C(O)C3O)C(O)C2O)C(O)C1O)C(O)/C=C/CC/C=C/CCCCCCCCCC. The van der Waals surface area contributed by atoms with Crippen molar-refractivity contribution >= 4 is 5.91 Å². The smallest absolute Gasteiger partial charge is 0.220 e. The summed E-state index contributed by atoms with van der Waals surface area (Å²) in [5.74, 6) is -0.283. The second-order valence-electron chi connectivity index (χ2n) is 27.1. The van der Waals surface area contributed by atoms with Crippen molar-refractivity contribution in [3.63, 3.8) is 0 Å². The minimum absolute atomic E-state index is 0.237. The van der Waals surface area contributed by atoms with E-state index in [2.05, 4.69) is 79.9 Å². The van der Waals surface area contributed by atoms with Gasteiger partial charge in [-0.05, 0) is 70.6 Å². The third-order valence-electron chi connectivity index (χ3n) is 18.7. The zero-order chi connectivity index (χ0) is 69.6. The summed E-state index contributed by atoms with van der Waals surface area (Å²) in [6.07, 6.45) is 47.7. The van der Waals surface area contributed by atoms with E-state index in [4.69, 9.17) is 28.4 Å². The maximum Gasteiger partial charge on any atom is 0.220 e. The van der Waals surface area contributed by atoms with Crippen LogP contribution in [0.5, 0.6) is 0 Å². The summed E-state index contributed by atoms with van der Waals surface area (Å²) in [6.45, 7) is 1.60. The van der Waals surface area contributed by atoms with E-state index in [9.17, 15) is 61.0 Å². The van der Waals surface area contributed by atoms with Crippen molar-refractivity contribution in [2.75, 3.05) is 26.4 Å². The van der Waals surface area contributed by atoms with Crippen molar-refractivity contribution in [3.8, 4) is 0 Å². The molecule has 0 aromatic carbocycles. The van der Waals surface area contributed by atoms with Gasteiger partial charge in [-0.25, -0.2) is 0 Å². The summed E-state index contributed by atoms with van der Waals surface area (Å²) in [6, 6.07) is -0.990. The van der Waals surface area contributed by atoms with Crippen LogP contribution in [0.3, 0.4) is 0 Å². The maximum atomic E-state index is 13.4. The van der Waals surface area contributed by atoms with Gasteiger partial charge >= 0.3 is 0 Å². The first-order valence-electron chi connectivity index (χ1n) is 38.2. The Morgan fingerprint density at radius 3 is 1.17 bits per heavy atom. The maximum absolute atomic E-state index is 13.4. The monoisotopic (exact) mass is 1360 g/mol. The van der Waals surface area contributed by atoms with Crippen LogP contribution in [0.25, 0.3) is 0 Å². The number of aliphatic hydroxyl groups excluding tert-OH is 11. The molecule has 0 radical (unpaired) electrons. The quantitative estimate of drug-likeness (QED) is 0.0199. The Labute approximate surface area is 578 Å². The van der Waals surface area contributed by atoms with Crippen LogP contribution in [0.1, 0.15) is 277 Å². The first-order chi connectivity index (χ1) is 46.8. The minimum atomic E-state index is -1.98. The molecule has 3 rings (SSSR count). The molecule has 0 spiro atoms. The Morgan fingerprint density at radius 2 is 0.729 bits per heavy atom. The second kappa shape index (κ2) is 57.8. The van der Waals surface area contributed by atoms with E-state index >= 15 is 0 Å². The lowest BCUT2D eigenvalue weighted by Crippen LogP contribution is -2.66. The Kier molecular flexibility index (Phi) is 52.7. The van der Waals surface area contributed by atoms with E-state index in [1.807, 2.05) is 6.08 Å². The standard InChI is InChI=1S/C77H137NO18/c1-3-5-7-9-11-13-15-17-19-20-21-22-23-24-25-26-27-28-29-30-31-32-33-34-35-36-37-38-39-40-41-43-45-47-49-51-53-55-65(83)78-60(61(82)54-52-50-48-46-44-42-18-16-14-12-10-8-6-4-2)59-91-75-71(89)68(86)73(63(57-80)93-75)96-77-72(90)69(87)74(64(58-81)94-77)95-76-70(88)67(85)66(84)62(56-79)92-76/h5,7,11,13,17,19,21-22,44,46,52,54,60-64,66-77,79-82,84-90H,3-4,6,8-10,12,14-16,18,20,23-43,45,47-51,53,55-59H2,1-2H3,(H,78,83)/b7-5-,13-11-,19-17-,22-21-,46-44+,54-52+. The van der Waals surface area contributed by atoms with E-state index < -0.39 is 124 Å². The molecule has 3 aliphatic rings. The van der Waals surface area contributed by atoms with Crippen LogP contribution in [-0.2, 0) is 33.2 Å². The number of nitrogens with one attached hydrogen (secondary N) is 1. The van der Waals surface area contributed by atoms with Crippen LogP contribution in [0.2, 0.25) is 0 Å². The van der Waals surface area contributed by atoms with Gasteiger partial charge in [0, 0.05) is 6.42 Å². The van der Waals surface area contributed by atoms with Crippen molar-refractivity contribution < 1.29 is 89.4 Å². The molecule has 3 heterocycles. The molecule has 19 nitrogen and oxygen atoms in total. The molecule has 0 aromatic heterocycles. The largest absolute Gasteiger partial charge is 0.394 e. The van der Waals surface area contributed by atoms with Crippen LogP contribution < -0.4 is 5.32 Å². The van der Waals surface area contributed by atoms with Crippen LogP contribution in [-0.4, -0.2) is 193 Å². The normalized spacial score (nSPS) is 27.4. The van der Waals surface area contributed by atoms with Crippen LogP contribution in [0, 0.1) is 0 Å². The number of hydrogen-bond acceptors (Lipinski definition) is 18. The predicted molar refractivity (Wildman–Crippen MR) is 378 cm³/mol. The number of allylic oxidation sites excluding steroid dienone is 11. The molecule has 12 N–H and O–H groups in total. The Morgan fingerprint density at radius 1 is 0.385 bits per heavy atom. The average molecular weight is 1360 g/mol. The lowest BCUT2D eigenvalue weighted by Gasteiger charge is -2.48. The summed E-state index contributed by atoms with van der Waals surface area (Å²) in [5.41, 5.74) is 0. The van der Waals surface area contributed by atoms with Gasteiger partial charge in [0.25, 0.3) is 0 Å². The number of hydrogen-bond donors (Lipinski definition) is 12. The van der Waals surface area contributed by atoms with Gasteiger partial charge in [-0.3, -0.25) is 4.79 Å². The molecule has 96 heavy (non-hydrogen) atoms. The molecule has 0 saturated carbocycles. The third-order valence-corrected chi connectivity index (χ3v) is 18.7. The molecule has 0 bridgehead atoms. The molecule has 1 amide bonds. The number of carbonyl (C=O) groups is 1. The van der Waals surface area contributed by atoms with Gasteiger partial charge in [0.2, 0.25) is 5.91 Å². The highest BCUT2D eigenvalue weighted by molar-refractivity contribution is 5.76. The van der Waals surface area contributed by atoms with E-state index in [0.29, 0.717) is 12.8 Å². The van der Waals surface area contributed by atoms with Gasteiger partial charge in [0.05, 0.1) is 38.6 Å². The van der Waals surface area contributed by atoms with Crippen molar-refractivity contribution in [3.05, 3.63) is 72.9 Å². The van der Waals surface area contributed by atoms with E-state index in [-0.39, 0.29) is 18.9 Å². The summed E-state index contributed by atoms with van der Waals surface area (Å²) in [4.78, 5) is 13.4. The second-order valence-corrected chi connectivity index (χ2v) is 27.1. The van der Waals surface area contributed by atoms with Crippen molar-refractivity contribution in [2.45, 2.75) is 381 Å². The molecule has 17 atom stereocenters. The molecular formula is C77H137NO18. The fourth-order valence-corrected chi connectivity index (χ4v) is 12.6. The zero-order valence-electron chi connectivity index (χ0n) is 59.3. The van der Waals surface area contributed by atoms with Gasteiger partial charge in [0.1, 0.15) is 73.2 Å². The number of ether oxygens (including phenoxy) is 6. The summed E-state index contributed by atoms with van der Waals surface area (Å²) in [5, 5.41) is 121. The topological polar surface area (TPSA) is 307 Å². The molecule has 3 saturated heterocycles. The molecule has 17 unspecified atom stereocenters. The summed E-state index contributed by atoms with van der Waals surface area (Å²) >= 11 is 0. The molecule has 0 aliphatic carbocycles. The average Bonchev–Trinajstić information content (AvgIpc) is 0.787. The predicted octanol–water partition coefficient (Wildman–Crippen LogP) is 11.7. The number of rotatable bonds is 59. The number of amides is 1. The third kappa shape index (κ3) is 38.3. The minimum Gasteiger partial charge on any atom is -0.394 e.